The molecule has 0 aromatic heterocycles. The summed E-state index contributed by atoms with van der Waals surface area (Å²) < 4.78 is 6.42. The normalized spacial score (nSPS) is 36.8. The molecule has 5 unspecified atom stereocenters. The van der Waals surface area contributed by atoms with Gasteiger partial charge in [0.1, 0.15) is 5.75 Å². The zero-order valence-corrected chi connectivity index (χ0v) is 13.7. The number of hydrogen-bond acceptors (Lipinski definition) is 3. The summed E-state index contributed by atoms with van der Waals surface area (Å²) in [6.07, 6.45) is 2.33. The highest BCUT2D eigenvalue weighted by Gasteiger charge is 2.70. The predicted molar refractivity (Wildman–Crippen MR) is 88.2 cm³/mol. The highest BCUT2D eigenvalue weighted by Crippen LogP contribution is 2.65. The van der Waals surface area contributed by atoms with Crippen LogP contribution in [0.3, 0.4) is 0 Å². The summed E-state index contributed by atoms with van der Waals surface area (Å²) in [6.45, 7) is 2.02. The molecule has 0 radical (unpaired) electrons. The standard InChI is InChI=1S/C19H18ClNO2/c1-12-7-15(20)10-16(8-12)23-21-17-9-14-11-19(14,22-18(17)21)13-5-3-2-4-6-13/h2-8,10,14,17-18H,9,11H2,1H3. The Morgan fingerprint density at radius 2 is 2.04 bits per heavy atom. The van der Waals surface area contributed by atoms with Crippen molar-refractivity contribution in [3.05, 3.63) is 64.7 Å². The van der Waals surface area contributed by atoms with Gasteiger partial charge in [0.15, 0.2) is 6.23 Å². The van der Waals surface area contributed by atoms with Crippen LogP contribution in [0.4, 0.5) is 0 Å². The van der Waals surface area contributed by atoms with Crippen LogP contribution in [0.5, 0.6) is 5.75 Å². The highest BCUT2D eigenvalue weighted by atomic mass is 35.5. The van der Waals surface area contributed by atoms with E-state index in [9.17, 15) is 0 Å². The minimum atomic E-state index is -0.0786. The molecule has 3 nitrogen and oxygen atoms in total. The molecule has 2 saturated heterocycles. The maximum atomic E-state index is 6.42. The fraction of sp³-hybridized carbons (Fsp3) is 0.368. The van der Waals surface area contributed by atoms with Crippen molar-refractivity contribution in [3.8, 4) is 5.75 Å². The molecular weight excluding hydrogens is 310 g/mol. The second-order valence-corrected chi connectivity index (χ2v) is 7.32. The Bertz CT molecular complexity index is 745. The minimum absolute atomic E-state index is 0.0632. The van der Waals surface area contributed by atoms with Gasteiger partial charge in [-0.1, -0.05) is 41.9 Å². The van der Waals surface area contributed by atoms with Crippen LogP contribution >= 0.6 is 11.6 Å². The van der Waals surface area contributed by atoms with Crippen molar-refractivity contribution in [2.24, 2.45) is 5.92 Å². The summed E-state index contributed by atoms with van der Waals surface area (Å²) in [5.41, 5.74) is 2.32. The van der Waals surface area contributed by atoms with Crippen molar-refractivity contribution in [2.45, 2.75) is 37.6 Å². The first kappa shape index (κ1) is 13.8. The molecule has 2 aromatic rings. The van der Waals surface area contributed by atoms with E-state index in [2.05, 4.69) is 30.3 Å². The van der Waals surface area contributed by atoms with E-state index >= 15 is 0 Å². The lowest BCUT2D eigenvalue weighted by Crippen LogP contribution is -2.23. The van der Waals surface area contributed by atoms with E-state index in [1.165, 1.54) is 5.56 Å². The van der Waals surface area contributed by atoms with Crippen LogP contribution in [0, 0.1) is 12.8 Å². The van der Waals surface area contributed by atoms with Crippen molar-refractivity contribution >= 4 is 11.6 Å². The molecule has 0 N–H and O–H groups in total. The molecule has 118 valence electrons. The Hall–Kier alpha value is -1.55. The third-order valence-corrected chi connectivity index (χ3v) is 5.43. The van der Waals surface area contributed by atoms with Gasteiger partial charge in [0.05, 0.1) is 11.6 Å². The molecule has 4 heteroatoms. The van der Waals surface area contributed by atoms with Crippen LogP contribution in [0.2, 0.25) is 5.02 Å². The van der Waals surface area contributed by atoms with Crippen molar-refractivity contribution in [3.63, 3.8) is 0 Å². The first-order valence-corrected chi connectivity index (χ1v) is 8.50. The fourth-order valence-electron chi connectivity index (χ4n) is 3.96. The summed E-state index contributed by atoms with van der Waals surface area (Å²) in [4.78, 5) is 6.01. The number of fused-ring (bicyclic) bond motifs is 2. The molecule has 5 rings (SSSR count). The number of ether oxygens (including phenoxy) is 1. The predicted octanol–water partition coefficient (Wildman–Crippen LogP) is 4.29. The summed E-state index contributed by atoms with van der Waals surface area (Å²) in [6, 6.07) is 16.7. The van der Waals surface area contributed by atoms with Crippen molar-refractivity contribution in [2.75, 3.05) is 0 Å². The van der Waals surface area contributed by atoms with Gasteiger partial charge in [0.25, 0.3) is 0 Å². The Kier molecular flexibility index (Phi) is 2.85. The summed E-state index contributed by atoms with van der Waals surface area (Å²) >= 11 is 6.11. The van der Waals surface area contributed by atoms with Crippen LogP contribution in [-0.2, 0) is 10.3 Å². The Morgan fingerprint density at radius 1 is 1.22 bits per heavy atom. The number of hydrogen-bond donors (Lipinski definition) is 0. The minimum Gasteiger partial charge on any atom is -0.403 e. The van der Waals surface area contributed by atoms with E-state index in [1.807, 2.05) is 30.2 Å². The maximum absolute atomic E-state index is 6.42. The number of benzene rings is 2. The molecule has 0 spiro atoms. The van der Waals surface area contributed by atoms with Crippen LogP contribution in [-0.4, -0.2) is 17.3 Å². The van der Waals surface area contributed by atoms with Gasteiger partial charge in [-0.25, -0.2) is 0 Å². The maximum Gasteiger partial charge on any atom is 0.163 e. The van der Waals surface area contributed by atoms with E-state index in [1.54, 1.807) is 0 Å². The second kappa shape index (κ2) is 4.73. The summed E-state index contributed by atoms with van der Waals surface area (Å²) in [5, 5.41) is 2.68. The zero-order chi connectivity index (χ0) is 15.6. The first-order chi connectivity index (χ1) is 11.2. The first-order valence-electron chi connectivity index (χ1n) is 8.12. The van der Waals surface area contributed by atoms with Crippen LogP contribution in [0.25, 0.3) is 0 Å². The number of nitrogens with zero attached hydrogens (tertiary/aromatic N) is 1. The molecule has 0 amide bonds. The monoisotopic (exact) mass is 327 g/mol. The molecule has 0 bridgehead atoms. The van der Waals surface area contributed by atoms with Crippen molar-refractivity contribution < 1.29 is 9.57 Å². The van der Waals surface area contributed by atoms with E-state index < -0.39 is 0 Å². The average molecular weight is 328 g/mol. The lowest BCUT2D eigenvalue weighted by atomic mass is 10.0. The second-order valence-electron chi connectivity index (χ2n) is 6.88. The van der Waals surface area contributed by atoms with Gasteiger partial charge in [-0.2, -0.15) is 0 Å². The number of halogens is 1. The third-order valence-electron chi connectivity index (χ3n) is 5.21. The number of rotatable bonds is 3. The van der Waals surface area contributed by atoms with Crippen LogP contribution in [0.1, 0.15) is 24.0 Å². The van der Waals surface area contributed by atoms with Gasteiger partial charge in [-0.3, -0.25) is 0 Å². The molecule has 3 aliphatic rings. The Labute approximate surface area is 140 Å². The topological polar surface area (TPSA) is 21.5 Å². The lowest BCUT2D eigenvalue weighted by Gasteiger charge is -2.21. The molecule has 2 heterocycles. The summed E-state index contributed by atoms with van der Waals surface area (Å²) in [7, 11) is 0. The van der Waals surface area contributed by atoms with E-state index in [4.69, 9.17) is 21.2 Å². The van der Waals surface area contributed by atoms with E-state index in [0.717, 1.165) is 24.2 Å². The van der Waals surface area contributed by atoms with Crippen molar-refractivity contribution in [1.82, 2.24) is 5.06 Å². The summed E-state index contributed by atoms with van der Waals surface area (Å²) in [5.74, 6) is 1.40. The molecule has 2 aliphatic heterocycles. The molecule has 5 atom stereocenters. The van der Waals surface area contributed by atoms with Gasteiger partial charge >= 0.3 is 0 Å². The number of aryl methyl sites for hydroxylation is 1. The quantitative estimate of drug-likeness (QED) is 0.785. The van der Waals surface area contributed by atoms with E-state index in [-0.39, 0.29) is 11.8 Å². The van der Waals surface area contributed by atoms with Crippen LogP contribution in [0.15, 0.2) is 48.5 Å². The number of hydroxylamine groups is 2. The third kappa shape index (κ3) is 2.18. The molecule has 1 aliphatic carbocycles. The average Bonchev–Trinajstić information content (AvgIpc) is 3.41. The van der Waals surface area contributed by atoms with Gasteiger partial charge in [-0.15, -0.1) is 5.06 Å². The van der Waals surface area contributed by atoms with Crippen LogP contribution < -0.4 is 4.84 Å². The van der Waals surface area contributed by atoms with Gasteiger partial charge in [0, 0.05) is 11.1 Å². The van der Waals surface area contributed by atoms with Crippen molar-refractivity contribution in [1.29, 1.82) is 0 Å². The lowest BCUT2D eigenvalue weighted by molar-refractivity contribution is -0.0793. The van der Waals surface area contributed by atoms with E-state index in [0.29, 0.717) is 17.0 Å². The molecule has 23 heavy (non-hydrogen) atoms. The highest BCUT2D eigenvalue weighted by molar-refractivity contribution is 6.30. The van der Waals surface area contributed by atoms with Gasteiger partial charge in [0.2, 0.25) is 0 Å². The molecule has 2 aromatic carbocycles. The molecule has 1 saturated carbocycles. The smallest absolute Gasteiger partial charge is 0.163 e. The zero-order valence-electron chi connectivity index (χ0n) is 12.9. The SMILES string of the molecule is Cc1cc(Cl)cc(ON2C3CC4CC4(c4ccccc4)OC32)c1. The molecule has 3 fully saturated rings. The van der Waals surface area contributed by atoms with Gasteiger partial charge < -0.3 is 9.57 Å². The Balaban J connectivity index is 1.33. The molecular formula is C19H18ClNO2. The van der Waals surface area contributed by atoms with Gasteiger partial charge in [-0.05, 0) is 48.9 Å². The Morgan fingerprint density at radius 3 is 2.83 bits per heavy atom. The largest absolute Gasteiger partial charge is 0.403 e. The fourth-order valence-corrected chi connectivity index (χ4v) is 4.24.